The van der Waals surface area contributed by atoms with Crippen LogP contribution in [0.2, 0.25) is 0 Å². The predicted molar refractivity (Wildman–Crippen MR) is 62.3 cm³/mol. The summed E-state index contributed by atoms with van der Waals surface area (Å²) in [5.74, 6) is 0.836. The molecule has 0 atom stereocenters. The molecule has 1 rings (SSSR count). The fraction of sp³-hybridized carbons (Fsp3) is 0.462. The highest BCUT2D eigenvalue weighted by Crippen LogP contribution is 2.14. The molecule has 0 N–H and O–H groups in total. The monoisotopic (exact) mass is 222 g/mol. The zero-order valence-electron chi connectivity index (χ0n) is 9.65. The van der Waals surface area contributed by atoms with Gasteiger partial charge in [-0.2, -0.15) is 0 Å². The molecule has 3 heteroatoms. The lowest BCUT2D eigenvalue weighted by molar-refractivity contribution is -0.129. The second kappa shape index (κ2) is 7.74. The van der Waals surface area contributed by atoms with Crippen LogP contribution in [0, 0.1) is 0 Å². The Morgan fingerprint density at radius 1 is 1.31 bits per heavy atom. The Labute approximate surface area is 96.4 Å². The number of hydrogen-bond acceptors (Lipinski definition) is 3. The first-order valence-corrected chi connectivity index (χ1v) is 5.63. The van der Waals surface area contributed by atoms with Gasteiger partial charge in [-0.05, 0) is 24.1 Å². The molecule has 0 heterocycles. The van der Waals surface area contributed by atoms with Crippen molar-refractivity contribution in [2.45, 2.75) is 32.8 Å². The van der Waals surface area contributed by atoms with E-state index in [-0.39, 0.29) is 0 Å². The van der Waals surface area contributed by atoms with Crippen molar-refractivity contribution in [2.24, 2.45) is 0 Å². The van der Waals surface area contributed by atoms with Crippen LogP contribution in [-0.2, 0) is 16.1 Å². The van der Waals surface area contributed by atoms with Crippen LogP contribution >= 0.6 is 0 Å². The number of carbonyl (C=O) groups is 1. The molecule has 0 amide bonds. The Morgan fingerprint density at radius 3 is 2.94 bits per heavy atom. The molecule has 0 unspecified atom stereocenters. The molecule has 16 heavy (non-hydrogen) atoms. The Balaban J connectivity index is 2.37. The molecule has 0 saturated carbocycles. The Hall–Kier alpha value is -1.51. The maximum Gasteiger partial charge on any atom is 0.293 e. The summed E-state index contributed by atoms with van der Waals surface area (Å²) in [6, 6.07) is 7.62. The van der Waals surface area contributed by atoms with Gasteiger partial charge >= 0.3 is 0 Å². The lowest BCUT2D eigenvalue weighted by atomic mass is 10.2. The lowest BCUT2D eigenvalue weighted by Gasteiger charge is -2.07. The summed E-state index contributed by atoms with van der Waals surface area (Å²) in [5, 5.41) is 0. The van der Waals surface area contributed by atoms with Crippen LogP contribution in [0.5, 0.6) is 5.75 Å². The highest BCUT2D eigenvalue weighted by Gasteiger charge is 1.97. The van der Waals surface area contributed by atoms with Gasteiger partial charge in [0.2, 0.25) is 0 Å². The molecule has 88 valence electrons. The van der Waals surface area contributed by atoms with E-state index >= 15 is 0 Å². The molecule has 3 nitrogen and oxygen atoms in total. The first-order chi connectivity index (χ1) is 7.86. The van der Waals surface area contributed by atoms with Gasteiger partial charge in [-0.25, -0.2) is 0 Å². The molecule has 0 aromatic heterocycles. The van der Waals surface area contributed by atoms with Gasteiger partial charge in [0.1, 0.15) is 12.4 Å². The highest BCUT2D eigenvalue weighted by atomic mass is 16.5. The summed E-state index contributed by atoms with van der Waals surface area (Å²) in [7, 11) is 0. The Bertz CT molecular complexity index is 310. The summed E-state index contributed by atoms with van der Waals surface area (Å²) in [6.45, 7) is 3.66. The van der Waals surface area contributed by atoms with Crippen molar-refractivity contribution < 1.29 is 14.3 Å². The van der Waals surface area contributed by atoms with Crippen molar-refractivity contribution in [3.8, 4) is 5.75 Å². The number of benzene rings is 1. The number of hydrogen-bond donors (Lipinski definition) is 0. The molecular formula is C13H18O3. The van der Waals surface area contributed by atoms with E-state index in [1.165, 1.54) is 12.8 Å². The van der Waals surface area contributed by atoms with Gasteiger partial charge in [0.05, 0.1) is 6.61 Å². The molecule has 0 radical (unpaired) electrons. The van der Waals surface area contributed by atoms with Crippen LogP contribution in [0.1, 0.15) is 31.7 Å². The average Bonchev–Trinajstić information content (AvgIpc) is 2.33. The van der Waals surface area contributed by atoms with Crippen molar-refractivity contribution in [1.82, 2.24) is 0 Å². The fourth-order valence-electron chi connectivity index (χ4n) is 1.40. The van der Waals surface area contributed by atoms with Crippen molar-refractivity contribution in [3.63, 3.8) is 0 Å². The van der Waals surface area contributed by atoms with Crippen LogP contribution in [0.4, 0.5) is 0 Å². The van der Waals surface area contributed by atoms with Gasteiger partial charge < -0.3 is 9.47 Å². The number of ether oxygens (including phenoxy) is 2. The maximum absolute atomic E-state index is 10.1. The third-order valence-corrected chi connectivity index (χ3v) is 2.23. The van der Waals surface area contributed by atoms with E-state index in [0.717, 1.165) is 24.3 Å². The lowest BCUT2D eigenvalue weighted by Crippen LogP contribution is -1.98. The minimum atomic E-state index is 0.301. The predicted octanol–water partition coefficient (Wildman–Crippen LogP) is 2.93. The van der Waals surface area contributed by atoms with E-state index < -0.39 is 0 Å². The number of rotatable bonds is 8. The third kappa shape index (κ3) is 4.82. The van der Waals surface area contributed by atoms with Crippen LogP contribution in [0.15, 0.2) is 24.3 Å². The molecule has 0 spiro atoms. The smallest absolute Gasteiger partial charge is 0.293 e. The number of unbranched alkanes of at least 4 members (excludes halogenated alkanes) is 2. The summed E-state index contributed by atoms with van der Waals surface area (Å²) >= 11 is 0. The van der Waals surface area contributed by atoms with E-state index in [0.29, 0.717) is 13.1 Å². The first kappa shape index (κ1) is 12.6. The van der Waals surface area contributed by atoms with Crippen molar-refractivity contribution in [2.75, 3.05) is 6.61 Å². The zero-order valence-corrected chi connectivity index (χ0v) is 9.65. The topological polar surface area (TPSA) is 35.5 Å². The van der Waals surface area contributed by atoms with Crippen LogP contribution in [0.25, 0.3) is 0 Å². The average molecular weight is 222 g/mol. The number of carbonyl (C=O) groups excluding carboxylic acids is 1. The molecule has 1 aromatic carbocycles. The van der Waals surface area contributed by atoms with Gasteiger partial charge in [-0.3, -0.25) is 4.79 Å². The van der Waals surface area contributed by atoms with Gasteiger partial charge in [-0.15, -0.1) is 0 Å². The molecule has 0 aliphatic heterocycles. The van der Waals surface area contributed by atoms with Crippen LogP contribution in [0.3, 0.4) is 0 Å². The molecule has 0 aliphatic carbocycles. The van der Waals surface area contributed by atoms with Gasteiger partial charge in [0.25, 0.3) is 6.47 Å². The third-order valence-electron chi connectivity index (χ3n) is 2.23. The van der Waals surface area contributed by atoms with E-state index in [9.17, 15) is 4.79 Å². The second-order valence-electron chi connectivity index (χ2n) is 3.61. The van der Waals surface area contributed by atoms with Crippen LogP contribution in [-0.4, -0.2) is 13.1 Å². The minimum Gasteiger partial charge on any atom is -0.494 e. The van der Waals surface area contributed by atoms with E-state index in [1.54, 1.807) is 0 Å². The molecule has 0 fully saturated rings. The summed E-state index contributed by atoms with van der Waals surface area (Å²) in [6.07, 6.45) is 3.45. The Morgan fingerprint density at radius 2 is 2.19 bits per heavy atom. The van der Waals surface area contributed by atoms with E-state index in [1.807, 2.05) is 24.3 Å². The largest absolute Gasteiger partial charge is 0.494 e. The second-order valence-corrected chi connectivity index (χ2v) is 3.61. The van der Waals surface area contributed by atoms with E-state index in [4.69, 9.17) is 4.74 Å². The summed E-state index contributed by atoms with van der Waals surface area (Å²) < 4.78 is 10.3. The maximum atomic E-state index is 10.1. The quantitative estimate of drug-likeness (QED) is 0.501. The van der Waals surface area contributed by atoms with Gasteiger partial charge in [-0.1, -0.05) is 31.9 Å². The first-order valence-electron chi connectivity index (χ1n) is 5.63. The fourth-order valence-corrected chi connectivity index (χ4v) is 1.40. The zero-order chi connectivity index (χ0) is 11.6. The molecule has 0 bridgehead atoms. The van der Waals surface area contributed by atoms with Crippen LogP contribution < -0.4 is 4.74 Å². The SMILES string of the molecule is CCCCCOc1cccc(COC=O)c1. The normalized spacial score (nSPS) is 9.81. The summed E-state index contributed by atoms with van der Waals surface area (Å²) in [5.41, 5.74) is 0.945. The minimum absolute atomic E-state index is 0.301. The highest BCUT2D eigenvalue weighted by molar-refractivity contribution is 5.38. The molecule has 0 aliphatic rings. The van der Waals surface area contributed by atoms with E-state index in [2.05, 4.69) is 11.7 Å². The Kier molecular flexibility index (Phi) is 6.07. The van der Waals surface area contributed by atoms with Crippen molar-refractivity contribution in [1.29, 1.82) is 0 Å². The summed E-state index contributed by atoms with van der Waals surface area (Å²) in [4.78, 5) is 10.1. The van der Waals surface area contributed by atoms with Gasteiger partial charge in [0, 0.05) is 0 Å². The molecular weight excluding hydrogens is 204 g/mol. The van der Waals surface area contributed by atoms with Crippen molar-refractivity contribution in [3.05, 3.63) is 29.8 Å². The van der Waals surface area contributed by atoms with Crippen molar-refractivity contribution >= 4 is 6.47 Å². The molecule has 1 aromatic rings. The molecule has 0 saturated heterocycles. The standard InChI is InChI=1S/C13H18O3/c1-2-3-4-8-16-13-7-5-6-12(9-13)10-15-11-14/h5-7,9,11H,2-4,8,10H2,1H3. The van der Waals surface area contributed by atoms with Gasteiger partial charge in [0.15, 0.2) is 0 Å².